The second-order valence-electron chi connectivity index (χ2n) is 7.42. The fourth-order valence-electron chi connectivity index (χ4n) is 3.74. The third kappa shape index (κ3) is 4.20. The van der Waals surface area contributed by atoms with Crippen molar-refractivity contribution in [2.24, 2.45) is 5.92 Å². The molecule has 0 bridgehead atoms. The molecule has 0 aromatic heterocycles. The third-order valence-corrected chi connectivity index (χ3v) is 6.81. The van der Waals surface area contributed by atoms with E-state index in [1.807, 2.05) is 30.3 Å². The zero-order valence-electron chi connectivity index (χ0n) is 16.3. The molecule has 0 radical (unpaired) electrons. The van der Waals surface area contributed by atoms with Crippen molar-refractivity contribution >= 4 is 26.7 Å². The molecule has 0 spiro atoms. The van der Waals surface area contributed by atoms with Crippen LogP contribution < -0.4 is 4.72 Å². The first-order chi connectivity index (χ1) is 14.5. The fourth-order valence-corrected chi connectivity index (χ4v) is 4.85. The van der Waals surface area contributed by atoms with Gasteiger partial charge in [-0.1, -0.05) is 42.5 Å². The lowest BCUT2D eigenvalue weighted by molar-refractivity contribution is -0.131. The first-order valence-corrected chi connectivity index (χ1v) is 11.2. The molecule has 6 nitrogen and oxygen atoms in total. The number of hydrogen-bond acceptors (Lipinski definition) is 4. The van der Waals surface area contributed by atoms with Crippen molar-refractivity contribution in [2.75, 3.05) is 13.1 Å². The van der Waals surface area contributed by atoms with E-state index in [1.165, 1.54) is 0 Å². The average molecular weight is 420 g/mol. The normalized spacial score (nSPS) is 16.7. The van der Waals surface area contributed by atoms with Crippen LogP contribution in [-0.4, -0.2) is 32.3 Å². The number of likely N-dealkylation sites (tertiary alicyclic amines) is 1. The molecule has 1 fully saturated rings. The Morgan fingerprint density at radius 2 is 1.83 bits per heavy atom. The van der Waals surface area contributed by atoms with E-state index < -0.39 is 10.0 Å². The molecule has 30 heavy (non-hydrogen) atoms. The maximum absolute atomic E-state index is 12.7. The van der Waals surface area contributed by atoms with Gasteiger partial charge in [-0.05, 0) is 47.0 Å². The molecule has 1 aliphatic heterocycles. The van der Waals surface area contributed by atoms with Crippen molar-refractivity contribution in [3.8, 4) is 6.07 Å². The van der Waals surface area contributed by atoms with Crippen molar-refractivity contribution in [1.82, 2.24) is 9.62 Å². The van der Waals surface area contributed by atoms with Gasteiger partial charge >= 0.3 is 0 Å². The second-order valence-corrected chi connectivity index (χ2v) is 9.19. The number of benzene rings is 3. The number of nitriles is 1. The predicted octanol–water partition coefficient (Wildman–Crippen LogP) is 3.04. The molecule has 3 aromatic carbocycles. The topological polar surface area (TPSA) is 90.3 Å². The number of carbonyl (C=O) groups is 1. The van der Waals surface area contributed by atoms with E-state index in [2.05, 4.69) is 10.8 Å². The molecule has 1 saturated heterocycles. The maximum atomic E-state index is 12.7. The molecule has 3 aromatic rings. The van der Waals surface area contributed by atoms with Crippen LogP contribution >= 0.6 is 0 Å². The van der Waals surface area contributed by atoms with Crippen LogP contribution in [0.2, 0.25) is 0 Å². The van der Waals surface area contributed by atoms with Gasteiger partial charge in [-0.3, -0.25) is 4.79 Å². The number of nitrogens with zero attached hydrogens (tertiary/aromatic N) is 2. The van der Waals surface area contributed by atoms with E-state index in [-0.39, 0.29) is 23.3 Å². The number of hydrogen-bond donors (Lipinski definition) is 1. The quantitative estimate of drug-likeness (QED) is 0.665. The number of carbonyl (C=O) groups excluding carboxylic acids is 1. The van der Waals surface area contributed by atoms with Crippen LogP contribution in [-0.2, 0) is 21.4 Å². The summed E-state index contributed by atoms with van der Waals surface area (Å²) < 4.78 is 28.0. The largest absolute Gasteiger partial charge is 0.338 e. The van der Waals surface area contributed by atoms with E-state index in [0.29, 0.717) is 25.1 Å². The van der Waals surface area contributed by atoms with Crippen molar-refractivity contribution in [3.63, 3.8) is 0 Å². The Labute approximate surface area is 175 Å². The summed E-state index contributed by atoms with van der Waals surface area (Å²) in [6.45, 7) is 1.06. The van der Waals surface area contributed by atoms with Gasteiger partial charge in [-0.15, -0.1) is 0 Å². The summed E-state index contributed by atoms with van der Waals surface area (Å²) in [6, 6.07) is 21.8. The molecule has 1 amide bonds. The zero-order chi connectivity index (χ0) is 21.1. The minimum Gasteiger partial charge on any atom is -0.338 e. The lowest BCUT2D eigenvalue weighted by atomic mass is 10.1. The summed E-state index contributed by atoms with van der Waals surface area (Å²) in [5.41, 5.74) is 1.44. The molecule has 0 aliphatic carbocycles. The lowest BCUT2D eigenvalue weighted by Gasteiger charge is -2.17. The molecule has 1 heterocycles. The maximum Gasteiger partial charge on any atom is 0.240 e. The molecule has 1 atom stereocenters. The monoisotopic (exact) mass is 419 g/mol. The van der Waals surface area contributed by atoms with Gasteiger partial charge in [0, 0.05) is 19.6 Å². The van der Waals surface area contributed by atoms with Gasteiger partial charge in [-0.25, -0.2) is 13.1 Å². The molecule has 1 N–H and O–H groups in total. The van der Waals surface area contributed by atoms with Crippen LogP contribution in [0, 0.1) is 17.2 Å². The van der Waals surface area contributed by atoms with Gasteiger partial charge in [0.25, 0.3) is 0 Å². The summed E-state index contributed by atoms with van der Waals surface area (Å²) in [7, 11) is -3.70. The Hall–Kier alpha value is -3.21. The van der Waals surface area contributed by atoms with Crippen molar-refractivity contribution in [3.05, 3.63) is 77.9 Å². The van der Waals surface area contributed by atoms with Gasteiger partial charge in [0.05, 0.1) is 22.4 Å². The Balaban J connectivity index is 1.40. The third-order valence-electron chi connectivity index (χ3n) is 5.39. The first-order valence-electron chi connectivity index (χ1n) is 9.72. The zero-order valence-corrected chi connectivity index (χ0v) is 17.1. The van der Waals surface area contributed by atoms with Gasteiger partial charge in [0.15, 0.2) is 0 Å². The average Bonchev–Trinajstić information content (AvgIpc) is 3.11. The second kappa shape index (κ2) is 8.27. The molecule has 1 aliphatic rings. The smallest absolute Gasteiger partial charge is 0.240 e. The van der Waals surface area contributed by atoms with E-state index in [4.69, 9.17) is 5.26 Å². The minimum absolute atomic E-state index is 0.0708. The van der Waals surface area contributed by atoms with Crippen LogP contribution in [0.1, 0.15) is 17.5 Å². The van der Waals surface area contributed by atoms with Crippen molar-refractivity contribution in [1.29, 1.82) is 5.26 Å². The highest BCUT2D eigenvalue weighted by molar-refractivity contribution is 7.89. The van der Waals surface area contributed by atoms with Crippen molar-refractivity contribution < 1.29 is 13.2 Å². The summed E-state index contributed by atoms with van der Waals surface area (Å²) >= 11 is 0. The number of nitrogens with one attached hydrogen (secondary N) is 1. The highest BCUT2D eigenvalue weighted by Gasteiger charge is 2.32. The van der Waals surface area contributed by atoms with E-state index >= 15 is 0 Å². The highest BCUT2D eigenvalue weighted by Crippen LogP contribution is 2.22. The standard InChI is InChI=1S/C23H21N3O3S/c24-14-17-4-3-5-18(12-17)16-26-11-10-21(23(26)27)15-25-30(28,29)22-9-8-19-6-1-2-7-20(19)13-22/h1-9,12-13,21,25H,10-11,15-16H2/t21-/m0/s1. The SMILES string of the molecule is N#Cc1cccc(CN2CC[C@@H](CNS(=O)(=O)c3ccc4ccccc4c3)C2=O)c1. The fraction of sp³-hybridized carbons (Fsp3) is 0.217. The lowest BCUT2D eigenvalue weighted by Crippen LogP contribution is -2.34. The molecular formula is C23H21N3O3S. The van der Waals surface area contributed by atoms with Gasteiger partial charge < -0.3 is 4.90 Å². The molecule has 152 valence electrons. The van der Waals surface area contributed by atoms with Crippen LogP contribution in [0.15, 0.2) is 71.6 Å². The van der Waals surface area contributed by atoms with Crippen molar-refractivity contribution in [2.45, 2.75) is 17.9 Å². The molecule has 0 unspecified atom stereocenters. The Bertz CT molecular complexity index is 1250. The number of amides is 1. The number of sulfonamides is 1. The number of fused-ring (bicyclic) bond motifs is 1. The van der Waals surface area contributed by atoms with Crippen LogP contribution in [0.5, 0.6) is 0 Å². The predicted molar refractivity (Wildman–Crippen MR) is 114 cm³/mol. The van der Waals surface area contributed by atoms with Gasteiger partial charge in [0.2, 0.25) is 15.9 Å². The molecular weight excluding hydrogens is 398 g/mol. The Morgan fingerprint density at radius 3 is 2.63 bits per heavy atom. The van der Waals surface area contributed by atoms with Crippen LogP contribution in [0.25, 0.3) is 10.8 Å². The van der Waals surface area contributed by atoms with Gasteiger partial charge in [0.1, 0.15) is 0 Å². The summed E-state index contributed by atoms with van der Waals surface area (Å²) in [6.07, 6.45) is 0.594. The summed E-state index contributed by atoms with van der Waals surface area (Å²) in [5, 5.41) is 10.8. The van der Waals surface area contributed by atoms with E-state index in [0.717, 1.165) is 16.3 Å². The Morgan fingerprint density at radius 1 is 1.03 bits per heavy atom. The summed E-state index contributed by atoms with van der Waals surface area (Å²) in [4.78, 5) is 14.6. The first kappa shape index (κ1) is 20.1. The van der Waals surface area contributed by atoms with Crippen LogP contribution in [0.3, 0.4) is 0 Å². The summed E-state index contributed by atoms with van der Waals surface area (Å²) in [5.74, 6) is -0.460. The minimum atomic E-state index is -3.70. The Kier molecular flexibility index (Phi) is 5.53. The van der Waals surface area contributed by atoms with E-state index in [1.54, 1.807) is 41.3 Å². The molecule has 4 rings (SSSR count). The number of rotatable bonds is 6. The molecule has 7 heteroatoms. The highest BCUT2D eigenvalue weighted by atomic mass is 32.2. The van der Waals surface area contributed by atoms with Gasteiger partial charge in [-0.2, -0.15) is 5.26 Å². The van der Waals surface area contributed by atoms with Crippen LogP contribution in [0.4, 0.5) is 0 Å². The van der Waals surface area contributed by atoms with E-state index in [9.17, 15) is 13.2 Å². The molecule has 0 saturated carbocycles.